The van der Waals surface area contributed by atoms with E-state index in [2.05, 4.69) is 17.6 Å². The Kier molecular flexibility index (Phi) is 2.61. The lowest BCUT2D eigenvalue weighted by Gasteiger charge is -2.57. The molecular formula is C19H21NO3. The number of aromatic hydroxyl groups is 1. The fourth-order valence-electron chi connectivity index (χ4n) is 5.52. The van der Waals surface area contributed by atoms with Gasteiger partial charge in [0.1, 0.15) is 12.2 Å². The van der Waals surface area contributed by atoms with E-state index in [0.29, 0.717) is 17.7 Å². The molecule has 5 rings (SSSR count). The van der Waals surface area contributed by atoms with Gasteiger partial charge in [0.15, 0.2) is 11.5 Å². The predicted octanol–water partition coefficient (Wildman–Crippen LogP) is 1.75. The molecule has 1 aromatic rings. The van der Waals surface area contributed by atoms with Gasteiger partial charge < -0.3 is 14.9 Å². The second-order valence-electron chi connectivity index (χ2n) is 7.23. The number of rotatable bonds is 2. The van der Waals surface area contributed by atoms with Crippen molar-refractivity contribution in [2.24, 2.45) is 5.92 Å². The summed E-state index contributed by atoms with van der Waals surface area (Å²) in [5.41, 5.74) is 2.22. The van der Waals surface area contributed by atoms with Crippen molar-refractivity contribution in [1.82, 2.24) is 4.90 Å². The molecule has 2 heterocycles. The van der Waals surface area contributed by atoms with Crippen LogP contribution in [0.15, 0.2) is 36.9 Å². The number of ether oxygens (including phenoxy) is 1. The molecule has 23 heavy (non-hydrogen) atoms. The van der Waals surface area contributed by atoms with Crippen LogP contribution in [0.4, 0.5) is 0 Å². The van der Waals surface area contributed by atoms with Crippen LogP contribution in [-0.4, -0.2) is 46.5 Å². The Hall–Kier alpha value is -1.78. The van der Waals surface area contributed by atoms with Crippen LogP contribution in [0.3, 0.4) is 0 Å². The number of hydrogen-bond donors (Lipinski definition) is 2. The Morgan fingerprint density at radius 3 is 3.09 bits per heavy atom. The van der Waals surface area contributed by atoms with Crippen LogP contribution >= 0.6 is 0 Å². The number of hydrogen-bond acceptors (Lipinski definition) is 4. The molecule has 4 aliphatic rings. The fraction of sp³-hybridized carbons (Fsp3) is 0.474. The van der Waals surface area contributed by atoms with E-state index < -0.39 is 6.10 Å². The van der Waals surface area contributed by atoms with Crippen LogP contribution in [0, 0.1) is 5.92 Å². The molecule has 1 fully saturated rings. The van der Waals surface area contributed by atoms with E-state index in [4.69, 9.17) is 4.74 Å². The van der Waals surface area contributed by atoms with Crippen LogP contribution in [0.2, 0.25) is 0 Å². The van der Waals surface area contributed by atoms with Gasteiger partial charge in [0.2, 0.25) is 0 Å². The van der Waals surface area contributed by atoms with Gasteiger partial charge in [-0.15, -0.1) is 6.58 Å². The molecule has 0 amide bonds. The standard InChI is InChI=1S/C19H21NO3/c1-2-8-20-9-7-19-12-4-6-15(22)18(19)23-17-14(21)5-3-11(16(17)19)10-13(12)20/h2-6,12-13,15,18,21-22H,1,7-10H2/t12-,13-,15-,18+,19-/m0/s1. The number of phenolic OH excluding ortho intramolecular Hbond substituents is 1. The summed E-state index contributed by atoms with van der Waals surface area (Å²) in [5.74, 6) is 1.13. The summed E-state index contributed by atoms with van der Waals surface area (Å²) in [6.45, 7) is 5.76. The molecule has 4 nitrogen and oxygen atoms in total. The Morgan fingerprint density at radius 1 is 1.39 bits per heavy atom. The topological polar surface area (TPSA) is 52.9 Å². The first-order chi connectivity index (χ1) is 11.2. The smallest absolute Gasteiger partial charge is 0.165 e. The van der Waals surface area contributed by atoms with Crippen LogP contribution in [-0.2, 0) is 11.8 Å². The predicted molar refractivity (Wildman–Crippen MR) is 86.7 cm³/mol. The monoisotopic (exact) mass is 311 g/mol. The minimum absolute atomic E-state index is 0.196. The molecule has 1 spiro atoms. The highest BCUT2D eigenvalue weighted by molar-refractivity contribution is 5.61. The zero-order valence-corrected chi connectivity index (χ0v) is 13.0. The maximum Gasteiger partial charge on any atom is 0.165 e. The van der Waals surface area contributed by atoms with Crippen molar-refractivity contribution in [3.05, 3.63) is 48.1 Å². The molecule has 5 atom stereocenters. The van der Waals surface area contributed by atoms with E-state index in [-0.39, 0.29) is 17.3 Å². The minimum Gasteiger partial charge on any atom is -0.504 e. The molecule has 0 saturated carbocycles. The van der Waals surface area contributed by atoms with Crippen molar-refractivity contribution >= 4 is 0 Å². The van der Waals surface area contributed by atoms with Crippen molar-refractivity contribution in [3.63, 3.8) is 0 Å². The zero-order valence-electron chi connectivity index (χ0n) is 13.0. The highest BCUT2D eigenvalue weighted by Crippen LogP contribution is 2.62. The second-order valence-corrected chi connectivity index (χ2v) is 7.23. The van der Waals surface area contributed by atoms with Crippen LogP contribution in [0.1, 0.15) is 17.5 Å². The summed E-state index contributed by atoms with van der Waals surface area (Å²) in [6, 6.07) is 4.17. The first-order valence-electron chi connectivity index (χ1n) is 8.40. The Morgan fingerprint density at radius 2 is 2.26 bits per heavy atom. The van der Waals surface area contributed by atoms with Gasteiger partial charge in [-0.3, -0.25) is 4.90 Å². The number of piperidine rings is 1. The quantitative estimate of drug-likeness (QED) is 0.817. The normalized spacial score (nSPS) is 39.7. The molecular weight excluding hydrogens is 290 g/mol. The molecule has 2 bridgehead atoms. The third-order valence-electron chi connectivity index (χ3n) is 6.35. The summed E-state index contributed by atoms with van der Waals surface area (Å²) in [5, 5.41) is 20.8. The molecule has 120 valence electrons. The molecule has 1 aromatic carbocycles. The van der Waals surface area contributed by atoms with Crippen LogP contribution < -0.4 is 4.74 Å². The minimum atomic E-state index is -0.615. The van der Waals surface area contributed by atoms with Gasteiger partial charge in [-0.05, 0) is 31.0 Å². The Balaban J connectivity index is 1.76. The van der Waals surface area contributed by atoms with E-state index in [1.807, 2.05) is 18.2 Å². The van der Waals surface area contributed by atoms with Gasteiger partial charge in [0, 0.05) is 29.5 Å². The summed E-state index contributed by atoms with van der Waals surface area (Å²) >= 11 is 0. The molecule has 1 saturated heterocycles. The number of phenols is 1. The number of benzene rings is 1. The molecule has 2 aliphatic carbocycles. The molecule has 4 heteroatoms. The largest absolute Gasteiger partial charge is 0.504 e. The molecule has 2 aliphatic heterocycles. The SMILES string of the molecule is C=CCN1CC[C@]23c4c5ccc(O)c4O[C@@H]2[C@@H](O)C=C[C@H]3[C@@H]1C5. The second kappa shape index (κ2) is 4.40. The van der Waals surface area contributed by atoms with Gasteiger partial charge in [-0.2, -0.15) is 0 Å². The Bertz CT molecular complexity index is 728. The average molecular weight is 311 g/mol. The van der Waals surface area contributed by atoms with Crippen molar-refractivity contribution < 1.29 is 14.9 Å². The van der Waals surface area contributed by atoms with E-state index in [1.54, 1.807) is 6.07 Å². The number of nitrogens with zero attached hydrogens (tertiary/aromatic N) is 1. The zero-order chi connectivity index (χ0) is 15.8. The highest BCUT2D eigenvalue weighted by Gasteiger charge is 2.64. The van der Waals surface area contributed by atoms with Crippen molar-refractivity contribution in [2.45, 2.75) is 36.5 Å². The summed E-state index contributed by atoms with van der Waals surface area (Å²) in [4.78, 5) is 2.50. The lowest BCUT2D eigenvalue weighted by Crippen LogP contribution is -2.65. The maximum absolute atomic E-state index is 10.5. The fourth-order valence-corrected chi connectivity index (χ4v) is 5.52. The maximum atomic E-state index is 10.5. The van der Waals surface area contributed by atoms with E-state index in [1.165, 1.54) is 5.56 Å². The van der Waals surface area contributed by atoms with Gasteiger partial charge in [0.25, 0.3) is 0 Å². The summed E-state index contributed by atoms with van der Waals surface area (Å²) < 4.78 is 6.13. The van der Waals surface area contributed by atoms with Gasteiger partial charge in [-0.25, -0.2) is 0 Å². The van der Waals surface area contributed by atoms with Crippen molar-refractivity contribution in [2.75, 3.05) is 13.1 Å². The third-order valence-corrected chi connectivity index (χ3v) is 6.35. The van der Waals surface area contributed by atoms with Crippen molar-refractivity contribution in [3.8, 4) is 11.5 Å². The highest BCUT2D eigenvalue weighted by atomic mass is 16.5. The first-order valence-corrected chi connectivity index (χ1v) is 8.40. The van der Waals surface area contributed by atoms with Crippen molar-refractivity contribution in [1.29, 1.82) is 0 Å². The van der Waals surface area contributed by atoms with Crippen LogP contribution in [0.25, 0.3) is 0 Å². The molecule has 0 unspecified atom stereocenters. The van der Waals surface area contributed by atoms with E-state index >= 15 is 0 Å². The summed E-state index contributed by atoms with van der Waals surface area (Å²) in [7, 11) is 0. The summed E-state index contributed by atoms with van der Waals surface area (Å²) in [6.07, 6.45) is 7.04. The molecule has 2 N–H and O–H groups in total. The number of aliphatic hydroxyl groups excluding tert-OH is 1. The lowest BCUT2D eigenvalue weighted by atomic mass is 9.53. The molecule has 0 radical (unpaired) electrons. The van der Waals surface area contributed by atoms with E-state index in [0.717, 1.165) is 31.5 Å². The average Bonchev–Trinajstić information content (AvgIpc) is 2.89. The van der Waals surface area contributed by atoms with E-state index in [9.17, 15) is 10.2 Å². The lowest BCUT2D eigenvalue weighted by molar-refractivity contribution is -0.0488. The number of likely N-dealkylation sites (tertiary alicyclic amines) is 1. The van der Waals surface area contributed by atoms with Crippen LogP contribution in [0.5, 0.6) is 11.5 Å². The van der Waals surface area contributed by atoms with Gasteiger partial charge in [-0.1, -0.05) is 24.3 Å². The van der Waals surface area contributed by atoms with Gasteiger partial charge in [0.05, 0.1) is 0 Å². The Labute approximate surface area is 135 Å². The first kappa shape index (κ1) is 13.6. The number of aliphatic hydroxyl groups is 1. The van der Waals surface area contributed by atoms with Gasteiger partial charge >= 0.3 is 0 Å². The molecule has 0 aromatic heterocycles. The third kappa shape index (κ3) is 1.49.